The summed E-state index contributed by atoms with van der Waals surface area (Å²) < 4.78 is 2.09. The summed E-state index contributed by atoms with van der Waals surface area (Å²) in [5.74, 6) is 0. The minimum absolute atomic E-state index is 0.246. The molecule has 0 aliphatic heterocycles. The average Bonchev–Trinajstić information content (AvgIpc) is 3.15. The SMILES string of the molecule is CCC(C)n1c2c(cc(CNC3CCCC3)c1=O)CCC2. The molecule has 3 heteroatoms. The van der Waals surface area contributed by atoms with Crippen molar-refractivity contribution in [1.82, 2.24) is 9.88 Å². The van der Waals surface area contributed by atoms with Gasteiger partial charge < -0.3 is 9.88 Å². The number of nitrogens with zero attached hydrogens (tertiary/aromatic N) is 1. The van der Waals surface area contributed by atoms with Gasteiger partial charge in [-0.2, -0.15) is 0 Å². The van der Waals surface area contributed by atoms with E-state index in [1.165, 1.54) is 43.4 Å². The molecule has 0 spiro atoms. The van der Waals surface area contributed by atoms with Crippen molar-refractivity contribution in [2.45, 2.75) is 83.8 Å². The Morgan fingerprint density at radius 1 is 1.29 bits per heavy atom. The van der Waals surface area contributed by atoms with Gasteiger partial charge in [0.1, 0.15) is 0 Å². The molecule has 1 N–H and O–H groups in total. The van der Waals surface area contributed by atoms with E-state index in [1.54, 1.807) is 0 Å². The number of rotatable bonds is 5. The molecule has 1 heterocycles. The molecule has 116 valence electrons. The molecule has 0 radical (unpaired) electrons. The zero-order valence-electron chi connectivity index (χ0n) is 13.5. The molecule has 0 amide bonds. The number of nitrogens with one attached hydrogen (secondary N) is 1. The first kappa shape index (κ1) is 14.8. The van der Waals surface area contributed by atoms with Crippen LogP contribution in [0.1, 0.15) is 75.2 Å². The Morgan fingerprint density at radius 3 is 2.76 bits per heavy atom. The number of hydrogen-bond donors (Lipinski definition) is 1. The van der Waals surface area contributed by atoms with Gasteiger partial charge in [0, 0.05) is 29.9 Å². The van der Waals surface area contributed by atoms with Crippen LogP contribution in [0.5, 0.6) is 0 Å². The van der Waals surface area contributed by atoms with E-state index < -0.39 is 0 Å². The Balaban J connectivity index is 1.88. The summed E-state index contributed by atoms with van der Waals surface area (Å²) in [6, 6.07) is 3.12. The number of hydrogen-bond acceptors (Lipinski definition) is 2. The lowest BCUT2D eigenvalue weighted by atomic mass is 10.1. The van der Waals surface area contributed by atoms with E-state index >= 15 is 0 Å². The summed E-state index contributed by atoms with van der Waals surface area (Å²) in [5, 5.41) is 3.60. The van der Waals surface area contributed by atoms with Crippen molar-refractivity contribution in [3.8, 4) is 0 Å². The van der Waals surface area contributed by atoms with Crippen LogP contribution in [0.15, 0.2) is 10.9 Å². The molecule has 0 saturated heterocycles. The predicted octanol–water partition coefficient (Wildman–Crippen LogP) is 3.34. The van der Waals surface area contributed by atoms with E-state index in [1.807, 2.05) is 0 Å². The van der Waals surface area contributed by atoms with Crippen LogP contribution in [0.4, 0.5) is 0 Å². The van der Waals surface area contributed by atoms with Gasteiger partial charge in [0.25, 0.3) is 5.56 Å². The van der Waals surface area contributed by atoms with Crippen LogP contribution in [-0.4, -0.2) is 10.6 Å². The second kappa shape index (κ2) is 6.35. The fourth-order valence-electron chi connectivity index (χ4n) is 3.89. The van der Waals surface area contributed by atoms with Crippen molar-refractivity contribution in [1.29, 1.82) is 0 Å². The minimum Gasteiger partial charge on any atom is -0.310 e. The highest BCUT2D eigenvalue weighted by Crippen LogP contribution is 2.25. The van der Waals surface area contributed by atoms with Crippen LogP contribution in [0.3, 0.4) is 0 Å². The third kappa shape index (κ3) is 2.94. The second-order valence-corrected chi connectivity index (χ2v) is 6.79. The van der Waals surface area contributed by atoms with Crippen LogP contribution in [0.25, 0.3) is 0 Å². The van der Waals surface area contributed by atoms with Crippen LogP contribution in [0, 0.1) is 0 Å². The zero-order valence-corrected chi connectivity index (χ0v) is 13.5. The van der Waals surface area contributed by atoms with E-state index in [4.69, 9.17) is 0 Å². The van der Waals surface area contributed by atoms with Crippen LogP contribution < -0.4 is 10.9 Å². The van der Waals surface area contributed by atoms with Crippen molar-refractivity contribution in [3.63, 3.8) is 0 Å². The molecule has 21 heavy (non-hydrogen) atoms. The van der Waals surface area contributed by atoms with E-state index in [0.717, 1.165) is 31.4 Å². The standard InChI is InChI=1S/C18H28N2O/c1-3-13(2)20-17-10-6-7-14(17)11-15(18(20)21)12-19-16-8-4-5-9-16/h11,13,16,19H,3-10,12H2,1-2H3. The monoisotopic (exact) mass is 288 g/mol. The van der Waals surface area contributed by atoms with Crippen molar-refractivity contribution in [2.24, 2.45) is 0 Å². The van der Waals surface area contributed by atoms with Gasteiger partial charge >= 0.3 is 0 Å². The van der Waals surface area contributed by atoms with Crippen LogP contribution in [0.2, 0.25) is 0 Å². The van der Waals surface area contributed by atoms with E-state index in [2.05, 4.69) is 29.8 Å². The second-order valence-electron chi connectivity index (χ2n) is 6.79. The number of pyridine rings is 1. The third-order valence-electron chi connectivity index (χ3n) is 5.33. The molecule has 1 fully saturated rings. The largest absolute Gasteiger partial charge is 0.310 e. The summed E-state index contributed by atoms with van der Waals surface area (Å²) in [6.45, 7) is 5.09. The highest BCUT2D eigenvalue weighted by atomic mass is 16.1. The third-order valence-corrected chi connectivity index (χ3v) is 5.33. The first-order chi connectivity index (χ1) is 10.2. The van der Waals surface area contributed by atoms with Gasteiger partial charge in [-0.25, -0.2) is 0 Å². The molecule has 1 atom stereocenters. The van der Waals surface area contributed by atoms with Gasteiger partial charge in [-0.05, 0) is 57.1 Å². The summed E-state index contributed by atoms with van der Waals surface area (Å²) in [4.78, 5) is 12.9. The summed E-state index contributed by atoms with van der Waals surface area (Å²) in [7, 11) is 0. The van der Waals surface area contributed by atoms with Crippen molar-refractivity contribution in [2.75, 3.05) is 0 Å². The molecule has 1 unspecified atom stereocenters. The summed E-state index contributed by atoms with van der Waals surface area (Å²) in [5.41, 5.74) is 3.94. The lowest BCUT2D eigenvalue weighted by Gasteiger charge is -2.20. The Kier molecular flexibility index (Phi) is 4.48. The molecule has 2 aliphatic carbocycles. The first-order valence-corrected chi connectivity index (χ1v) is 8.70. The Labute approximate surface area is 127 Å². The fraction of sp³-hybridized carbons (Fsp3) is 0.722. The topological polar surface area (TPSA) is 34.0 Å². The lowest BCUT2D eigenvalue weighted by molar-refractivity contribution is 0.483. The maximum Gasteiger partial charge on any atom is 0.255 e. The number of fused-ring (bicyclic) bond motifs is 1. The minimum atomic E-state index is 0.246. The highest BCUT2D eigenvalue weighted by molar-refractivity contribution is 5.31. The Hall–Kier alpha value is -1.09. The van der Waals surface area contributed by atoms with E-state index in [-0.39, 0.29) is 5.56 Å². The molecule has 0 aromatic carbocycles. The van der Waals surface area contributed by atoms with Crippen molar-refractivity contribution >= 4 is 0 Å². The quantitative estimate of drug-likeness (QED) is 0.901. The summed E-state index contributed by atoms with van der Waals surface area (Å²) >= 11 is 0. The van der Waals surface area contributed by atoms with E-state index in [9.17, 15) is 4.79 Å². The highest BCUT2D eigenvalue weighted by Gasteiger charge is 2.22. The molecular formula is C18H28N2O. The van der Waals surface area contributed by atoms with Gasteiger partial charge in [-0.3, -0.25) is 4.79 Å². The maximum absolute atomic E-state index is 12.9. The normalized spacial score (nSPS) is 19.9. The molecule has 0 bridgehead atoms. The smallest absolute Gasteiger partial charge is 0.255 e. The van der Waals surface area contributed by atoms with Gasteiger partial charge in [-0.1, -0.05) is 19.8 Å². The average molecular weight is 288 g/mol. The van der Waals surface area contributed by atoms with Crippen LogP contribution >= 0.6 is 0 Å². The molecular weight excluding hydrogens is 260 g/mol. The number of aromatic nitrogens is 1. The number of aryl methyl sites for hydroxylation is 1. The van der Waals surface area contributed by atoms with Gasteiger partial charge in [0.2, 0.25) is 0 Å². The Bertz CT molecular complexity index is 555. The van der Waals surface area contributed by atoms with E-state index in [0.29, 0.717) is 12.1 Å². The van der Waals surface area contributed by atoms with Crippen molar-refractivity contribution in [3.05, 3.63) is 33.2 Å². The molecule has 1 aromatic heterocycles. The summed E-state index contributed by atoms with van der Waals surface area (Å²) in [6.07, 6.45) is 9.64. The van der Waals surface area contributed by atoms with Gasteiger partial charge in [-0.15, -0.1) is 0 Å². The predicted molar refractivity (Wildman–Crippen MR) is 86.8 cm³/mol. The molecule has 1 aromatic rings. The first-order valence-electron chi connectivity index (χ1n) is 8.70. The molecule has 3 rings (SSSR count). The van der Waals surface area contributed by atoms with Crippen LogP contribution in [-0.2, 0) is 19.4 Å². The maximum atomic E-state index is 12.9. The van der Waals surface area contributed by atoms with Gasteiger partial charge in [0.05, 0.1) is 0 Å². The van der Waals surface area contributed by atoms with Crippen molar-refractivity contribution < 1.29 is 0 Å². The molecule has 3 nitrogen and oxygen atoms in total. The lowest BCUT2D eigenvalue weighted by Crippen LogP contribution is -2.33. The Morgan fingerprint density at radius 2 is 2.05 bits per heavy atom. The van der Waals surface area contributed by atoms with Gasteiger partial charge in [0.15, 0.2) is 0 Å². The molecule has 2 aliphatic rings. The zero-order chi connectivity index (χ0) is 14.8. The fourth-order valence-corrected chi connectivity index (χ4v) is 3.89. The molecule has 1 saturated carbocycles.